The van der Waals surface area contributed by atoms with E-state index in [1.807, 2.05) is 19.9 Å². The van der Waals surface area contributed by atoms with Gasteiger partial charge in [0.25, 0.3) is 0 Å². The molecule has 1 aromatic heterocycles. The van der Waals surface area contributed by atoms with Gasteiger partial charge in [0, 0.05) is 31.2 Å². The summed E-state index contributed by atoms with van der Waals surface area (Å²) in [6.07, 6.45) is 0. The molecule has 5 nitrogen and oxygen atoms in total. The summed E-state index contributed by atoms with van der Waals surface area (Å²) < 4.78 is 5.51. The van der Waals surface area contributed by atoms with Crippen molar-refractivity contribution in [2.24, 2.45) is 5.92 Å². The minimum absolute atomic E-state index is 0.400. The Bertz CT molecular complexity index is 473. The van der Waals surface area contributed by atoms with Gasteiger partial charge in [0.05, 0.1) is 18.8 Å². The summed E-state index contributed by atoms with van der Waals surface area (Å²) in [7, 11) is 0. The molecule has 1 aliphatic rings. The van der Waals surface area contributed by atoms with Gasteiger partial charge in [0.2, 0.25) is 0 Å². The van der Waals surface area contributed by atoms with Crippen molar-refractivity contribution in [2.45, 2.75) is 13.8 Å². The summed E-state index contributed by atoms with van der Waals surface area (Å²) in [5, 5.41) is 15.8. The molecule has 19 heavy (non-hydrogen) atoms. The van der Waals surface area contributed by atoms with Crippen LogP contribution in [-0.4, -0.2) is 37.8 Å². The third kappa shape index (κ3) is 3.66. The lowest BCUT2D eigenvalue weighted by atomic mass is 10.1. The molecular formula is C14H20N4O. The highest BCUT2D eigenvalue weighted by molar-refractivity contribution is 5.56. The number of nitrogens with one attached hydrogen (secondary N) is 2. The molecule has 1 aliphatic heterocycles. The Kier molecular flexibility index (Phi) is 4.72. The van der Waals surface area contributed by atoms with Gasteiger partial charge in [-0.05, 0) is 25.5 Å². The van der Waals surface area contributed by atoms with Gasteiger partial charge < -0.3 is 15.4 Å². The van der Waals surface area contributed by atoms with Crippen LogP contribution in [0, 0.1) is 31.1 Å². The SMILES string of the molecule is Cc1cc(C)c(C#N)c(NC[C@H]2CNCCOC2)n1. The largest absolute Gasteiger partial charge is 0.380 e. The summed E-state index contributed by atoms with van der Waals surface area (Å²) in [6.45, 7) is 7.98. The van der Waals surface area contributed by atoms with E-state index in [9.17, 15) is 5.26 Å². The van der Waals surface area contributed by atoms with Crippen LogP contribution in [0.3, 0.4) is 0 Å². The van der Waals surface area contributed by atoms with E-state index in [-0.39, 0.29) is 0 Å². The van der Waals surface area contributed by atoms with E-state index < -0.39 is 0 Å². The van der Waals surface area contributed by atoms with E-state index in [1.54, 1.807) is 0 Å². The molecular weight excluding hydrogens is 240 g/mol. The molecule has 102 valence electrons. The van der Waals surface area contributed by atoms with E-state index in [4.69, 9.17) is 4.74 Å². The maximum atomic E-state index is 9.21. The zero-order chi connectivity index (χ0) is 13.7. The first-order valence-electron chi connectivity index (χ1n) is 6.61. The number of pyridine rings is 1. The Morgan fingerprint density at radius 3 is 3.21 bits per heavy atom. The van der Waals surface area contributed by atoms with Crippen molar-refractivity contribution in [3.05, 3.63) is 22.9 Å². The number of hydrogen-bond donors (Lipinski definition) is 2. The Balaban J connectivity index is 2.04. The first kappa shape index (κ1) is 13.8. The zero-order valence-electron chi connectivity index (χ0n) is 11.5. The highest BCUT2D eigenvalue weighted by Crippen LogP contribution is 2.18. The fraction of sp³-hybridized carbons (Fsp3) is 0.571. The number of ether oxygens (including phenoxy) is 1. The molecule has 5 heteroatoms. The number of nitriles is 1. The maximum absolute atomic E-state index is 9.21. The molecule has 0 aromatic carbocycles. The monoisotopic (exact) mass is 260 g/mol. The lowest BCUT2D eigenvalue weighted by Gasteiger charge is -2.16. The smallest absolute Gasteiger partial charge is 0.144 e. The van der Waals surface area contributed by atoms with Gasteiger partial charge in [-0.1, -0.05) is 0 Å². The summed E-state index contributed by atoms with van der Waals surface area (Å²) in [6, 6.07) is 4.15. The van der Waals surface area contributed by atoms with Gasteiger partial charge in [0.15, 0.2) is 0 Å². The van der Waals surface area contributed by atoms with Crippen LogP contribution < -0.4 is 10.6 Å². The van der Waals surface area contributed by atoms with Crippen LogP contribution in [0.25, 0.3) is 0 Å². The maximum Gasteiger partial charge on any atom is 0.144 e. The van der Waals surface area contributed by atoms with Crippen LogP contribution in [0.5, 0.6) is 0 Å². The molecule has 0 unspecified atom stereocenters. The van der Waals surface area contributed by atoms with Crippen LogP contribution in [0.15, 0.2) is 6.07 Å². The third-order valence-electron chi connectivity index (χ3n) is 3.22. The Morgan fingerprint density at radius 2 is 2.42 bits per heavy atom. The second kappa shape index (κ2) is 6.50. The van der Waals surface area contributed by atoms with Crippen molar-refractivity contribution in [2.75, 3.05) is 38.2 Å². The van der Waals surface area contributed by atoms with Crippen molar-refractivity contribution in [1.29, 1.82) is 5.26 Å². The fourth-order valence-corrected chi connectivity index (χ4v) is 2.24. The molecule has 0 aliphatic carbocycles. The van der Waals surface area contributed by atoms with Crippen LogP contribution in [0.2, 0.25) is 0 Å². The number of aromatic nitrogens is 1. The lowest BCUT2D eigenvalue weighted by molar-refractivity contribution is 0.127. The minimum Gasteiger partial charge on any atom is -0.380 e. The van der Waals surface area contributed by atoms with Crippen molar-refractivity contribution in [3.8, 4) is 6.07 Å². The van der Waals surface area contributed by atoms with Crippen molar-refractivity contribution in [1.82, 2.24) is 10.3 Å². The third-order valence-corrected chi connectivity index (χ3v) is 3.22. The second-order valence-electron chi connectivity index (χ2n) is 4.94. The average Bonchev–Trinajstić information content (AvgIpc) is 2.64. The van der Waals surface area contributed by atoms with E-state index in [0.717, 1.165) is 44.1 Å². The molecule has 0 bridgehead atoms. The predicted octanol–water partition coefficient (Wildman–Crippen LogP) is 1.22. The van der Waals surface area contributed by atoms with Gasteiger partial charge in [-0.2, -0.15) is 5.26 Å². The van der Waals surface area contributed by atoms with Crippen molar-refractivity contribution in [3.63, 3.8) is 0 Å². The summed E-state index contributed by atoms with van der Waals surface area (Å²) in [4.78, 5) is 4.42. The molecule has 1 fully saturated rings. The molecule has 1 saturated heterocycles. The standard InChI is InChI=1S/C14H20N4O/c1-10-5-11(2)18-14(13(10)6-15)17-8-12-7-16-3-4-19-9-12/h5,12,16H,3-4,7-9H2,1-2H3,(H,17,18)/t12-/m1/s1. The Labute approximate surface area is 114 Å². The van der Waals surface area contributed by atoms with E-state index in [2.05, 4.69) is 21.7 Å². The van der Waals surface area contributed by atoms with Gasteiger partial charge in [-0.3, -0.25) is 0 Å². The van der Waals surface area contributed by atoms with E-state index in [0.29, 0.717) is 17.3 Å². The number of aryl methyl sites for hydroxylation is 2. The van der Waals surface area contributed by atoms with Gasteiger partial charge in [-0.25, -0.2) is 4.98 Å². The Morgan fingerprint density at radius 1 is 1.58 bits per heavy atom. The summed E-state index contributed by atoms with van der Waals surface area (Å²) in [5.74, 6) is 1.08. The summed E-state index contributed by atoms with van der Waals surface area (Å²) >= 11 is 0. The number of hydrogen-bond acceptors (Lipinski definition) is 5. The second-order valence-corrected chi connectivity index (χ2v) is 4.94. The molecule has 2 N–H and O–H groups in total. The van der Waals surface area contributed by atoms with E-state index in [1.165, 1.54) is 0 Å². The highest BCUT2D eigenvalue weighted by Gasteiger charge is 2.14. The lowest BCUT2D eigenvalue weighted by Crippen LogP contribution is -2.28. The molecule has 1 aromatic rings. The van der Waals surface area contributed by atoms with Crippen molar-refractivity contribution < 1.29 is 4.74 Å². The highest BCUT2D eigenvalue weighted by atomic mass is 16.5. The predicted molar refractivity (Wildman–Crippen MR) is 74.1 cm³/mol. The van der Waals surface area contributed by atoms with Crippen molar-refractivity contribution >= 4 is 5.82 Å². The van der Waals surface area contributed by atoms with Crippen LogP contribution in [0.1, 0.15) is 16.8 Å². The van der Waals surface area contributed by atoms with Gasteiger partial charge in [0.1, 0.15) is 11.9 Å². The molecule has 0 saturated carbocycles. The van der Waals surface area contributed by atoms with Gasteiger partial charge in [-0.15, -0.1) is 0 Å². The zero-order valence-corrected chi connectivity index (χ0v) is 11.5. The fourth-order valence-electron chi connectivity index (χ4n) is 2.24. The normalized spacial score (nSPS) is 19.5. The van der Waals surface area contributed by atoms with Gasteiger partial charge >= 0.3 is 0 Å². The molecule has 0 spiro atoms. The number of rotatable bonds is 3. The average molecular weight is 260 g/mol. The molecule has 0 radical (unpaired) electrons. The van der Waals surface area contributed by atoms with Crippen LogP contribution in [0.4, 0.5) is 5.82 Å². The molecule has 2 rings (SSSR count). The molecule has 0 amide bonds. The molecule has 1 atom stereocenters. The topological polar surface area (TPSA) is 70.0 Å². The quantitative estimate of drug-likeness (QED) is 0.855. The van der Waals surface area contributed by atoms with Crippen LogP contribution >= 0.6 is 0 Å². The van der Waals surface area contributed by atoms with Crippen LogP contribution in [-0.2, 0) is 4.74 Å². The first-order chi connectivity index (χ1) is 9.20. The van der Waals surface area contributed by atoms with E-state index >= 15 is 0 Å². The summed E-state index contributed by atoms with van der Waals surface area (Å²) in [5.41, 5.74) is 2.52. The number of nitrogens with zero attached hydrogens (tertiary/aromatic N) is 2. The minimum atomic E-state index is 0.400. The number of anilines is 1. The first-order valence-corrected chi connectivity index (χ1v) is 6.61. The molecule has 2 heterocycles. The Hall–Kier alpha value is -1.64.